The Balaban J connectivity index is 1.30. The van der Waals surface area contributed by atoms with E-state index in [9.17, 15) is 9.59 Å². The number of carbonyl (C=O) groups excluding carboxylic acids is 2. The molecular weight excluding hydrogens is 394 g/mol. The van der Waals surface area contributed by atoms with E-state index in [0.717, 1.165) is 18.6 Å². The van der Waals surface area contributed by atoms with Gasteiger partial charge in [-0.25, -0.2) is 0 Å². The van der Waals surface area contributed by atoms with Gasteiger partial charge < -0.3 is 19.4 Å². The van der Waals surface area contributed by atoms with E-state index in [1.165, 1.54) is 12.8 Å². The first-order valence-corrected chi connectivity index (χ1v) is 11.2. The van der Waals surface area contributed by atoms with E-state index < -0.39 is 0 Å². The lowest BCUT2D eigenvalue weighted by Gasteiger charge is -2.40. The molecule has 7 nitrogen and oxygen atoms in total. The van der Waals surface area contributed by atoms with Crippen LogP contribution in [0.1, 0.15) is 31.4 Å². The number of benzene rings is 1. The Bertz CT molecular complexity index is 826. The Morgan fingerprint density at radius 3 is 2.45 bits per heavy atom. The standard InChI is InChI=1S/C24H31N3O4/c28-22(18-31-20-9-2-1-3-10-20)26-12-14-27(15-13-26)23(19-7-4-5-8-19)24(29)25-17-21-11-6-16-30-21/h1-3,6,9-11,16,19,23H,4-5,7-8,12-15,17-18H2,(H,25,29). The molecule has 1 unspecified atom stereocenters. The van der Waals surface area contributed by atoms with Crippen LogP contribution in [0, 0.1) is 5.92 Å². The monoisotopic (exact) mass is 425 g/mol. The van der Waals surface area contributed by atoms with E-state index >= 15 is 0 Å². The second-order valence-electron chi connectivity index (χ2n) is 8.31. The van der Waals surface area contributed by atoms with Crippen LogP contribution < -0.4 is 10.1 Å². The van der Waals surface area contributed by atoms with Crippen molar-refractivity contribution in [2.24, 2.45) is 5.92 Å². The van der Waals surface area contributed by atoms with Gasteiger partial charge in [0.05, 0.1) is 18.8 Å². The lowest BCUT2D eigenvalue weighted by atomic mass is 9.95. The molecule has 2 fully saturated rings. The number of carbonyl (C=O) groups is 2. The Morgan fingerprint density at radius 2 is 1.77 bits per heavy atom. The number of nitrogens with one attached hydrogen (secondary N) is 1. The first-order valence-electron chi connectivity index (χ1n) is 11.2. The normalized spacial score (nSPS) is 18.6. The number of piperazine rings is 1. The van der Waals surface area contributed by atoms with E-state index in [-0.39, 0.29) is 24.5 Å². The molecule has 1 aromatic carbocycles. The number of amides is 2. The van der Waals surface area contributed by atoms with Crippen LogP contribution in [0.4, 0.5) is 0 Å². The highest BCUT2D eigenvalue weighted by atomic mass is 16.5. The van der Waals surface area contributed by atoms with Crippen molar-refractivity contribution in [3.8, 4) is 5.75 Å². The molecule has 166 valence electrons. The Hall–Kier alpha value is -2.80. The highest BCUT2D eigenvalue weighted by molar-refractivity contribution is 5.82. The number of para-hydroxylation sites is 1. The van der Waals surface area contributed by atoms with E-state index in [1.807, 2.05) is 47.4 Å². The molecule has 2 amide bonds. The predicted molar refractivity (Wildman–Crippen MR) is 116 cm³/mol. The fourth-order valence-electron chi connectivity index (χ4n) is 4.65. The highest BCUT2D eigenvalue weighted by Crippen LogP contribution is 2.31. The molecule has 1 saturated heterocycles. The van der Waals surface area contributed by atoms with Crippen LogP contribution >= 0.6 is 0 Å². The summed E-state index contributed by atoms with van der Waals surface area (Å²) in [7, 11) is 0. The Morgan fingerprint density at radius 1 is 1.03 bits per heavy atom. The van der Waals surface area contributed by atoms with Crippen molar-refractivity contribution < 1.29 is 18.7 Å². The first kappa shape index (κ1) is 21.4. The van der Waals surface area contributed by atoms with Crippen LogP contribution in [0.5, 0.6) is 5.75 Å². The summed E-state index contributed by atoms with van der Waals surface area (Å²) in [6.07, 6.45) is 6.16. The van der Waals surface area contributed by atoms with Gasteiger partial charge in [0.15, 0.2) is 6.61 Å². The predicted octanol–water partition coefficient (Wildman–Crippen LogP) is 2.68. The summed E-state index contributed by atoms with van der Waals surface area (Å²) in [6.45, 7) is 3.08. The van der Waals surface area contributed by atoms with Gasteiger partial charge >= 0.3 is 0 Å². The third-order valence-corrected chi connectivity index (χ3v) is 6.30. The fourth-order valence-corrected chi connectivity index (χ4v) is 4.65. The van der Waals surface area contributed by atoms with Crippen molar-refractivity contribution in [1.82, 2.24) is 15.1 Å². The minimum atomic E-state index is -0.143. The van der Waals surface area contributed by atoms with Crippen LogP contribution in [0.2, 0.25) is 0 Å². The van der Waals surface area contributed by atoms with Crippen molar-refractivity contribution >= 4 is 11.8 Å². The summed E-state index contributed by atoms with van der Waals surface area (Å²) < 4.78 is 10.9. The molecule has 1 aliphatic heterocycles. The van der Waals surface area contributed by atoms with Crippen LogP contribution in [0.15, 0.2) is 53.1 Å². The number of rotatable bonds is 8. The number of hydrogen-bond donors (Lipinski definition) is 1. The van der Waals surface area contributed by atoms with Gasteiger partial charge in [-0.2, -0.15) is 0 Å². The van der Waals surface area contributed by atoms with Crippen molar-refractivity contribution in [2.75, 3.05) is 32.8 Å². The van der Waals surface area contributed by atoms with Crippen LogP contribution in [-0.4, -0.2) is 60.4 Å². The van der Waals surface area contributed by atoms with Crippen molar-refractivity contribution in [3.05, 3.63) is 54.5 Å². The average molecular weight is 426 g/mol. The maximum Gasteiger partial charge on any atom is 0.260 e. The molecule has 1 atom stereocenters. The lowest BCUT2D eigenvalue weighted by molar-refractivity contribution is -0.137. The second kappa shape index (κ2) is 10.5. The molecule has 4 rings (SSSR count). The third kappa shape index (κ3) is 5.67. The van der Waals surface area contributed by atoms with E-state index in [4.69, 9.17) is 9.15 Å². The zero-order valence-corrected chi connectivity index (χ0v) is 17.9. The molecule has 31 heavy (non-hydrogen) atoms. The third-order valence-electron chi connectivity index (χ3n) is 6.30. The molecule has 0 radical (unpaired) electrons. The summed E-state index contributed by atoms with van der Waals surface area (Å²) in [4.78, 5) is 29.8. The molecule has 2 aromatic rings. The zero-order valence-electron chi connectivity index (χ0n) is 17.9. The minimum Gasteiger partial charge on any atom is -0.484 e. The van der Waals surface area contributed by atoms with Gasteiger partial charge in [0, 0.05) is 26.2 Å². The van der Waals surface area contributed by atoms with Crippen molar-refractivity contribution in [1.29, 1.82) is 0 Å². The van der Waals surface area contributed by atoms with Gasteiger partial charge in [-0.15, -0.1) is 0 Å². The molecule has 7 heteroatoms. The Kier molecular flexibility index (Phi) is 7.25. The van der Waals surface area contributed by atoms with Gasteiger partial charge in [-0.3, -0.25) is 14.5 Å². The average Bonchev–Trinajstić information content (AvgIpc) is 3.52. The lowest BCUT2D eigenvalue weighted by Crippen LogP contribution is -2.58. The maximum absolute atomic E-state index is 13.1. The molecule has 1 saturated carbocycles. The smallest absolute Gasteiger partial charge is 0.260 e. The zero-order chi connectivity index (χ0) is 21.5. The van der Waals surface area contributed by atoms with E-state index in [2.05, 4.69) is 10.2 Å². The van der Waals surface area contributed by atoms with Gasteiger partial charge in [-0.05, 0) is 43.0 Å². The summed E-state index contributed by atoms with van der Waals surface area (Å²) in [6, 6.07) is 12.9. The molecule has 1 aliphatic carbocycles. The summed E-state index contributed by atoms with van der Waals surface area (Å²) in [5.41, 5.74) is 0. The van der Waals surface area contributed by atoms with Gasteiger partial charge in [0.2, 0.25) is 5.91 Å². The number of furan rings is 1. The number of ether oxygens (including phenoxy) is 1. The van der Waals surface area contributed by atoms with Crippen molar-refractivity contribution in [3.63, 3.8) is 0 Å². The quantitative estimate of drug-likeness (QED) is 0.704. The molecule has 0 spiro atoms. The van der Waals surface area contributed by atoms with Gasteiger partial charge in [0.1, 0.15) is 11.5 Å². The molecule has 1 N–H and O–H groups in total. The second-order valence-corrected chi connectivity index (χ2v) is 8.31. The number of hydrogen-bond acceptors (Lipinski definition) is 5. The topological polar surface area (TPSA) is 75.0 Å². The molecular formula is C24H31N3O4. The van der Waals surface area contributed by atoms with Crippen LogP contribution in [0.25, 0.3) is 0 Å². The minimum absolute atomic E-state index is 0.0109. The van der Waals surface area contributed by atoms with Crippen LogP contribution in [-0.2, 0) is 16.1 Å². The van der Waals surface area contributed by atoms with E-state index in [1.54, 1.807) is 6.26 Å². The molecule has 2 aliphatic rings. The summed E-state index contributed by atoms with van der Waals surface area (Å²) in [5.74, 6) is 1.88. The molecule has 1 aromatic heterocycles. The number of nitrogens with zero attached hydrogens (tertiary/aromatic N) is 2. The largest absolute Gasteiger partial charge is 0.484 e. The van der Waals surface area contributed by atoms with E-state index in [0.29, 0.717) is 44.4 Å². The first-order chi connectivity index (χ1) is 15.2. The Labute approximate surface area is 183 Å². The fraction of sp³-hybridized carbons (Fsp3) is 0.500. The molecule has 2 heterocycles. The summed E-state index contributed by atoms with van der Waals surface area (Å²) in [5, 5.41) is 3.06. The van der Waals surface area contributed by atoms with Crippen LogP contribution in [0.3, 0.4) is 0 Å². The SMILES string of the molecule is O=C(NCc1ccco1)C(C1CCCC1)N1CCN(C(=O)COc2ccccc2)CC1. The van der Waals surface area contributed by atoms with Gasteiger partial charge in [0.25, 0.3) is 5.91 Å². The molecule has 0 bridgehead atoms. The summed E-state index contributed by atoms with van der Waals surface area (Å²) >= 11 is 0. The van der Waals surface area contributed by atoms with Crippen molar-refractivity contribution in [2.45, 2.75) is 38.3 Å². The highest BCUT2D eigenvalue weighted by Gasteiger charge is 2.37. The van der Waals surface area contributed by atoms with Gasteiger partial charge in [-0.1, -0.05) is 31.0 Å². The maximum atomic E-state index is 13.1.